The molecule has 6 heteroatoms. The first-order valence-electron chi connectivity index (χ1n) is 11.3. The molecular weight excluding hydrogens is 422 g/mol. The van der Waals surface area contributed by atoms with Crippen molar-refractivity contribution >= 4 is 28.4 Å². The van der Waals surface area contributed by atoms with Gasteiger partial charge in [0.15, 0.2) is 5.76 Å². The number of nitrogens with zero attached hydrogens (tertiary/aromatic N) is 2. The van der Waals surface area contributed by atoms with Gasteiger partial charge in [0.05, 0.1) is 18.7 Å². The number of nitrogens with one attached hydrogen (secondary N) is 1. The van der Waals surface area contributed by atoms with Crippen molar-refractivity contribution in [2.24, 2.45) is 0 Å². The Labute approximate surface area is 193 Å². The molecule has 1 atom stereocenters. The number of rotatable bonds is 6. The molecule has 1 aromatic carbocycles. The number of amides is 1. The molecule has 2 aromatic heterocycles. The molecule has 0 radical (unpaired) electrons. The Bertz CT molecular complexity index is 1220. The number of allylic oxidation sites excluding steroid dienone is 4. The van der Waals surface area contributed by atoms with Crippen LogP contribution in [0.15, 0.2) is 52.0 Å². The third-order valence-corrected chi connectivity index (χ3v) is 7.10. The number of hydrogen-bond acceptors (Lipinski definition) is 3. The SMILES string of the molecule is Cc1ccc2[nH]c(C3CC=CC=C3Cl)c(CC(=O)N(Cc3cc(C)no3)C3CCC3)c2c1. The van der Waals surface area contributed by atoms with Crippen LogP contribution in [0.25, 0.3) is 10.9 Å². The minimum absolute atomic E-state index is 0.0475. The molecule has 2 heterocycles. The molecule has 2 aliphatic rings. The van der Waals surface area contributed by atoms with Gasteiger partial charge in [-0.2, -0.15) is 0 Å². The van der Waals surface area contributed by atoms with Gasteiger partial charge in [-0.05, 0) is 63.3 Å². The molecule has 166 valence electrons. The summed E-state index contributed by atoms with van der Waals surface area (Å²) in [6.07, 6.45) is 10.5. The predicted molar refractivity (Wildman–Crippen MR) is 127 cm³/mol. The Morgan fingerprint density at radius 1 is 1.28 bits per heavy atom. The Morgan fingerprint density at radius 2 is 2.12 bits per heavy atom. The van der Waals surface area contributed by atoms with Crippen LogP contribution in [0.1, 0.15) is 59.9 Å². The maximum absolute atomic E-state index is 13.7. The predicted octanol–water partition coefficient (Wildman–Crippen LogP) is 6.06. The smallest absolute Gasteiger partial charge is 0.227 e. The maximum Gasteiger partial charge on any atom is 0.227 e. The van der Waals surface area contributed by atoms with Crippen molar-refractivity contribution in [2.75, 3.05) is 0 Å². The van der Waals surface area contributed by atoms with Crippen LogP contribution in [0, 0.1) is 13.8 Å². The topological polar surface area (TPSA) is 62.1 Å². The van der Waals surface area contributed by atoms with Crippen molar-refractivity contribution in [3.8, 4) is 0 Å². The van der Waals surface area contributed by atoms with Gasteiger partial charge in [0, 0.05) is 39.7 Å². The fraction of sp³-hybridized carbons (Fsp3) is 0.385. The van der Waals surface area contributed by atoms with Crippen LogP contribution in [0.2, 0.25) is 0 Å². The van der Waals surface area contributed by atoms with Crippen LogP contribution in [0.4, 0.5) is 0 Å². The molecule has 1 saturated carbocycles. The molecule has 0 bridgehead atoms. The standard InChI is InChI=1S/C26H28ClN3O2/c1-16-10-11-24-21(12-16)22(26(28-24)20-8-3-4-9-23(20)27)14-25(31)30(18-6-5-7-18)15-19-13-17(2)29-32-19/h3-4,9-13,18,20,28H,5-8,14-15H2,1-2H3. The van der Waals surface area contributed by atoms with Gasteiger partial charge in [0.1, 0.15) is 0 Å². The molecule has 1 amide bonds. The van der Waals surface area contributed by atoms with E-state index in [-0.39, 0.29) is 17.9 Å². The van der Waals surface area contributed by atoms with E-state index in [1.807, 2.05) is 30.0 Å². The summed E-state index contributed by atoms with van der Waals surface area (Å²) in [5, 5.41) is 5.91. The second-order valence-corrected chi connectivity index (χ2v) is 9.49. The van der Waals surface area contributed by atoms with Crippen molar-refractivity contribution in [2.45, 2.75) is 64.5 Å². The lowest BCUT2D eigenvalue weighted by molar-refractivity contribution is -0.135. The lowest BCUT2D eigenvalue weighted by Crippen LogP contribution is -2.44. The molecule has 3 aromatic rings. The molecular formula is C26H28ClN3O2. The molecule has 0 spiro atoms. The molecule has 1 N–H and O–H groups in total. The van der Waals surface area contributed by atoms with Crippen LogP contribution in [0.5, 0.6) is 0 Å². The normalized spacial score (nSPS) is 18.6. The number of aromatic amines is 1. The Balaban J connectivity index is 1.50. The van der Waals surface area contributed by atoms with Crippen LogP contribution in [-0.4, -0.2) is 27.0 Å². The van der Waals surface area contributed by atoms with Gasteiger partial charge >= 0.3 is 0 Å². The van der Waals surface area contributed by atoms with E-state index in [2.05, 4.69) is 41.3 Å². The molecule has 32 heavy (non-hydrogen) atoms. The highest BCUT2D eigenvalue weighted by Crippen LogP contribution is 2.39. The average Bonchev–Trinajstić information content (AvgIpc) is 3.30. The van der Waals surface area contributed by atoms with Gasteiger partial charge in [-0.25, -0.2) is 0 Å². The van der Waals surface area contributed by atoms with Gasteiger partial charge < -0.3 is 14.4 Å². The van der Waals surface area contributed by atoms with Crippen molar-refractivity contribution in [3.63, 3.8) is 0 Å². The summed E-state index contributed by atoms with van der Waals surface area (Å²) < 4.78 is 5.44. The van der Waals surface area contributed by atoms with E-state index >= 15 is 0 Å². The molecule has 5 nitrogen and oxygen atoms in total. The minimum Gasteiger partial charge on any atom is -0.359 e. The van der Waals surface area contributed by atoms with E-state index < -0.39 is 0 Å². The van der Waals surface area contributed by atoms with E-state index in [1.165, 1.54) is 5.56 Å². The van der Waals surface area contributed by atoms with E-state index in [1.54, 1.807) is 0 Å². The molecule has 0 aliphatic heterocycles. The zero-order chi connectivity index (χ0) is 22.2. The number of aryl methyl sites for hydroxylation is 2. The first-order valence-corrected chi connectivity index (χ1v) is 11.7. The number of carbonyl (C=O) groups excluding carboxylic acids is 1. The third kappa shape index (κ3) is 4.02. The summed E-state index contributed by atoms with van der Waals surface area (Å²) in [4.78, 5) is 19.3. The van der Waals surface area contributed by atoms with Crippen LogP contribution < -0.4 is 0 Å². The fourth-order valence-electron chi connectivity index (χ4n) is 4.76. The van der Waals surface area contributed by atoms with Gasteiger partial charge in [-0.3, -0.25) is 4.79 Å². The largest absolute Gasteiger partial charge is 0.359 e. The minimum atomic E-state index is 0.0475. The number of hydrogen-bond donors (Lipinski definition) is 1. The summed E-state index contributed by atoms with van der Waals surface area (Å²) >= 11 is 6.61. The molecule has 1 fully saturated rings. The summed E-state index contributed by atoms with van der Waals surface area (Å²) in [6.45, 7) is 4.45. The first-order chi connectivity index (χ1) is 15.5. The quantitative estimate of drug-likeness (QED) is 0.497. The number of H-pyrrole nitrogens is 1. The summed E-state index contributed by atoms with van der Waals surface area (Å²) in [5.74, 6) is 0.909. The average molecular weight is 450 g/mol. The van der Waals surface area contributed by atoms with Gasteiger partial charge in [-0.15, -0.1) is 0 Å². The first kappa shape index (κ1) is 21.1. The molecule has 5 rings (SSSR count). The number of fused-ring (bicyclic) bond motifs is 1. The van der Waals surface area contributed by atoms with Gasteiger partial charge in [-0.1, -0.05) is 40.5 Å². The van der Waals surface area contributed by atoms with Crippen molar-refractivity contribution in [3.05, 3.63) is 75.8 Å². The number of aromatic nitrogens is 2. The van der Waals surface area contributed by atoms with Crippen molar-refractivity contribution < 1.29 is 9.32 Å². The zero-order valence-corrected chi connectivity index (χ0v) is 19.3. The third-order valence-electron chi connectivity index (χ3n) is 6.71. The van der Waals surface area contributed by atoms with Crippen LogP contribution in [-0.2, 0) is 17.8 Å². The van der Waals surface area contributed by atoms with Gasteiger partial charge in [0.2, 0.25) is 5.91 Å². The van der Waals surface area contributed by atoms with Crippen LogP contribution >= 0.6 is 11.6 Å². The van der Waals surface area contributed by atoms with E-state index in [9.17, 15) is 4.79 Å². The Hall–Kier alpha value is -2.79. The molecule has 1 unspecified atom stereocenters. The van der Waals surface area contributed by atoms with Crippen molar-refractivity contribution in [1.82, 2.24) is 15.0 Å². The lowest BCUT2D eigenvalue weighted by atomic mass is 9.89. The second-order valence-electron chi connectivity index (χ2n) is 9.05. The summed E-state index contributed by atoms with van der Waals surface area (Å²) in [7, 11) is 0. The Kier molecular flexibility index (Phi) is 5.68. The highest BCUT2D eigenvalue weighted by atomic mass is 35.5. The van der Waals surface area contributed by atoms with E-state index in [0.29, 0.717) is 13.0 Å². The molecule has 0 saturated heterocycles. The van der Waals surface area contributed by atoms with E-state index in [4.69, 9.17) is 16.1 Å². The summed E-state index contributed by atoms with van der Waals surface area (Å²) in [5.41, 5.74) is 5.16. The number of benzene rings is 1. The molecule has 2 aliphatic carbocycles. The highest BCUT2D eigenvalue weighted by molar-refractivity contribution is 6.30. The van der Waals surface area contributed by atoms with Crippen molar-refractivity contribution in [1.29, 1.82) is 0 Å². The maximum atomic E-state index is 13.7. The van der Waals surface area contributed by atoms with E-state index in [0.717, 1.165) is 64.3 Å². The monoisotopic (exact) mass is 449 g/mol. The number of halogens is 1. The zero-order valence-electron chi connectivity index (χ0n) is 18.5. The highest BCUT2D eigenvalue weighted by Gasteiger charge is 2.32. The lowest BCUT2D eigenvalue weighted by Gasteiger charge is -2.37. The Morgan fingerprint density at radius 3 is 2.81 bits per heavy atom. The van der Waals surface area contributed by atoms with Crippen LogP contribution in [0.3, 0.4) is 0 Å². The van der Waals surface area contributed by atoms with Gasteiger partial charge in [0.25, 0.3) is 0 Å². The number of carbonyl (C=O) groups is 1. The second kappa shape index (κ2) is 8.62. The fourth-order valence-corrected chi connectivity index (χ4v) is 5.03. The summed E-state index contributed by atoms with van der Waals surface area (Å²) in [6, 6.07) is 8.54.